The Morgan fingerprint density at radius 3 is 2.43 bits per heavy atom. The third-order valence-corrected chi connectivity index (χ3v) is 2.06. The SMILES string of the molecule is CC(C)N.Fc1ccc2c(c1)CCC2. The molecule has 0 spiro atoms. The van der Waals surface area contributed by atoms with Crippen molar-refractivity contribution >= 4 is 0 Å². The van der Waals surface area contributed by atoms with Gasteiger partial charge in [-0.25, -0.2) is 4.39 Å². The number of rotatable bonds is 0. The average Bonchev–Trinajstić information content (AvgIpc) is 2.49. The molecule has 0 radical (unpaired) electrons. The van der Waals surface area contributed by atoms with Crippen molar-refractivity contribution in [3.8, 4) is 0 Å². The number of fused-ring (bicyclic) bond motifs is 1. The molecule has 0 unspecified atom stereocenters. The van der Waals surface area contributed by atoms with E-state index in [0.29, 0.717) is 6.04 Å². The van der Waals surface area contributed by atoms with Crippen molar-refractivity contribution in [1.82, 2.24) is 0 Å². The summed E-state index contributed by atoms with van der Waals surface area (Å²) >= 11 is 0. The first-order valence-electron chi connectivity index (χ1n) is 5.12. The lowest BCUT2D eigenvalue weighted by Gasteiger charge is -1.95. The van der Waals surface area contributed by atoms with Crippen LogP contribution >= 0.6 is 0 Å². The molecule has 0 amide bonds. The molecule has 0 heterocycles. The monoisotopic (exact) mass is 195 g/mol. The highest BCUT2D eigenvalue weighted by Gasteiger charge is 2.09. The minimum Gasteiger partial charge on any atom is -0.328 e. The Labute approximate surface area is 85.1 Å². The normalized spacial score (nSPS) is 13.5. The quantitative estimate of drug-likeness (QED) is 0.676. The fourth-order valence-corrected chi connectivity index (χ4v) is 1.54. The molecule has 78 valence electrons. The lowest BCUT2D eigenvalue weighted by molar-refractivity contribution is 0.626. The van der Waals surface area contributed by atoms with E-state index in [0.717, 1.165) is 12.8 Å². The first-order chi connectivity index (χ1) is 6.59. The van der Waals surface area contributed by atoms with Gasteiger partial charge in [0.1, 0.15) is 5.82 Å². The molecule has 0 saturated heterocycles. The smallest absolute Gasteiger partial charge is 0.123 e. The van der Waals surface area contributed by atoms with Gasteiger partial charge < -0.3 is 5.73 Å². The highest BCUT2D eigenvalue weighted by Crippen LogP contribution is 2.21. The van der Waals surface area contributed by atoms with Crippen LogP contribution in [-0.2, 0) is 12.8 Å². The number of hydrogen-bond acceptors (Lipinski definition) is 1. The van der Waals surface area contributed by atoms with Crippen molar-refractivity contribution in [3.05, 3.63) is 35.1 Å². The maximum atomic E-state index is 12.6. The van der Waals surface area contributed by atoms with Gasteiger partial charge in [0.2, 0.25) is 0 Å². The summed E-state index contributed by atoms with van der Waals surface area (Å²) in [5.74, 6) is -0.0966. The summed E-state index contributed by atoms with van der Waals surface area (Å²) in [6.45, 7) is 3.89. The lowest BCUT2D eigenvalue weighted by Crippen LogP contribution is -2.06. The van der Waals surface area contributed by atoms with E-state index in [9.17, 15) is 4.39 Å². The van der Waals surface area contributed by atoms with Crippen molar-refractivity contribution < 1.29 is 4.39 Å². The molecule has 0 aromatic heterocycles. The molecule has 0 fully saturated rings. The maximum absolute atomic E-state index is 12.6. The summed E-state index contributed by atoms with van der Waals surface area (Å²) in [4.78, 5) is 0. The molecule has 0 atom stereocenters. The van der Waals surface area contributed by atoms with Gasteiger partial charge in [-0.05, 0) is 48.6 Å². The Balaban J connectivity index is 0.000000213. The molecule has 1 nitrogen and oxygen atoms in total. The number of aryl methyl sites for hydroxylation is 2. The van der Waals surface area contributed by atoms with Crippen molar-refractivity contribution in [2.24, 2.45) is 5.73 Å². The predicted octanol–water partition coefficient (Wildman–Crippen LogP) is 2.67. The average molecular weight is 195 g/mol. The second-order valence-electron chi connectivity index (χ2n) is 4.01. The highest BCUT2D eigenvalue weighted by atomic mass is 19.1. The van der Waals surface area contributed by atoms with Gasteiger partial charge in [-0.2, -0.15) is 0 Å². The molecule has 0 bridgehead atoms. The summed E-state index contributed by atoms with van der Waals surface area (Å²) in [5, 5.41) is 0. The van der Waals surface area contributed by atoms with Crippen LogP contribution in [0.2, 0.25) is 0 Å². The number of hydrogen-bond donors (Lipinski definition) is 1. The second-order valence-corrected chi connectivity index (χ2v) is 4.01. The van der Waals surface area contributed by atoms with Crippen LogP contribution in [0.15, 0.2) is 18.2 Å². The van der Waals surface area contributed by atoms with E-state index >= 15 is 0 Å². The van der Waals surface area contributed by atoms with E-state index in [1.54, 1.807) is 12.1 Å². The zero-order valence-corrected chi connectivity index (χ0v) is 8.89. The standard InChI is InChI=1S/C9H9F.C3H9N/c10-9-5-4-7-2-1-3-8(7)6-9;1-3(2)4/h4-6H,1-3H2;3H,4H2,1-2H3. The number of halogens is 1. The Hall–Kier alpha value is -0.890. The molecular formula is C12H18FN. The van der Waals surface area contributed by atoms with Crippen LogP contribution in [0.4, 0.5) is 4.39 Å². The molecular weight excluding hydrogens is 177 g/mol. The maximum Gasteiger partial charge on any atom is 0.123 e. The van der Waals surface area contributed by atoms with Crippen LogP contribution in [0.25, 0.3) is 0 Å². The van der Waals surface area contributed by atoms with Gasteiger partial charge in [0, 0.05) is 0 Å². The van der Waals surface area contributed by atoms with E-state index in [4.69, 9.17) is 5.73 Å². The number of benzene rings is 1. The van der Waals surface area contributed by atoms with Crippen LogP contribution in [-0.4, -0.2) is 6.04 Å². The van der Waals surface area contributed by atoms with Gasteiger partial charge in [0.15, 0.2) is 0 Å². The van der Waals surface area contributed by atoms with Gasteiger partial charge in [0.05, 0.1) is 0 Å². The van der Waals surface area contributed by atoms with Gasteiger partial charge in [-0.15, -0.1) is 0 Å². The lowest BCUT2D eigenvalue weighted by atomic mass is 10.1. The number of nitrogens with two attached hydrogens (primary N) is 1. The molecule has 1 aromatic carbocycles. The molecule has 14 heavy (non-hydrogen) atoms. The van der Waals surface area contributed by atoms with Crippen LogP contribution in [0.5, 0.6) is 0 Å². The van der Waals surface area contributed by atoms with E-state index in [1.165, 1.54) is 17.5 Å². The summed E-state index contributed by atoms with van der Waals surface area (Å²) < 4.78 is 12.6. The third kappa shape index (κ3) is 3.46. The first kappa shape index (κ1) is 11.2. The van der Waals surface area contributed by atoms with Crippen LogP contribution in [0.3, 0.4) is 0 Å². The van der Waals surface area contributed by atoms with E-state index in [1.807, 2.05) is 19.9 Å². The van der Waals surface area contributed by atoms with Crippen molar-refractivity contribution in [2.45, 2.75) is 39.2 Å². The van der Waals surface area contributed by atoms with E-state index in [-0.39, 0.29) is 5.82 Å². The summed E-state index contributed by atoms with van der Waals surface area (Å²) in [6, 6.07) is 5.43. The van der Waals surface area contributed by atoms with E-state index < -0.39 is 0 Å². The van der Waals surface area contributed by atoms with Crippen molar-refractivity contribution in [2.75, 3.05) is 0 Å². The van der Waals surface area contributed by atoms with E-state index in [2.05, 4.69) is 0 Å². The van der Waals surface area contributed by atoms with Gasteiger partial charge >= 0.3 is 0 Å². The minimum absolute atomic E-state index is 0.0966. The molecule has 0 saturated carbocycles. The molecule has 2 heteroatoms. The molecule has 1 aliphatic carbocycles. The molecule has 2 N–H and O–H groups in total. The first-order valence-corrected chi connectivity index (χ1v) is 5.12. The molecule has 1 aromatic rings. The molecule has 0 aliphatic heterocycles. The van der Waals surface area contributed by atoms with Crippen molar-refractivity contribution in [1.29, 1.82) is 0 Å². The zero-order valence-electron chi connectivity index (χ0n) is 8.89. The Morgan fingerprint density at radius 1 is 1.21 bits per heavy atom. The minimum atomic E-state index is -0.0966. The Bertz CT molecular complexity index is 292. The van der Waals surface area contributed by atoms with Gasteiger partial charge in [0.25, 0.3) is 0 Å². The fraction of sp³-hybridized carbons (Fsp3) is 0.500. The predicted molar refractivity (Wildman–Crippen MR) is 57.7 cm³/mol. The third-order valence-electron chi connectivity index (χ3n) is 2.06. The zero-order chi connectivity index (χ0) is 10.6. The van der Waals surface area contributed by atoms with Crippen LogP contribution in [0, 0.1) is 5.82 Å². The Morgan fingerprint density at radius 2 is 1.79 bits per heavy atom. The topological polar surface area (TPSA) is 26.0 Å². The second kappa shape index (κ2) is 5.11. The fourth-order valence-electron chi connectivity index (χ4n) is 1.54. The Kier molecular flexibility index (Phi) is 4.08. The summed E-state index contributed by atoms with van der Waals surface area (Å²) in [6.07, 6.45) is 3.39. The summed E-state index contributed by atoms with van der Waals surface area (Å²) in [7, 11) is 0. The van der Waals surface area contributed by atoms with Crippen LogP contribution in [0.1, 0.15) is 31.4 Å². The molecule has 2 rings (SSSR count). The van der Waals surface area contributed by atoms with Crippen molar-refractivity contribution in [3.63, 3.8) is 0 Å². The van der Waals surface area contributed by atoms with Gasteiger partial charge in [-0.1, -0.05) is 19.9 Å². The van der Waals surface area contributed by atoms with Gasteiger partial charge in [-0.3, -0.25) is 0 Å². The van der Waals surface area contributed by atoms with Crippen LogP contribution < -0.4 is 5.73 Å². The highest BCUT2D eigenvalue weighted by molar-refractivity contribution is 5.31. The summed E-state index contributed by atoms with van der Waals surface area (Å²) in [5.41, 5.74) is 7.65. The largest absolute Gasteiger partial charge is 0.328 e. The molecule has 1 aliphatic rings.